The van der Waals surface area contributed by atoms with Crippen molar-refractivity contribution < 1.29 is 4.79 Å². The molecular formula is C17H25N3O. The summed E-state index contributed by atoms with van der Waals surface area (Å²) >= 11 is 0. The van der Waals surface area contributed by atoms with Crippen LogP contribution in [0.25, 0.3) is 0 Å². The van der Waals surface area contributed by atoms with Crippen molar-refractivity contribution in [2.45, 2.75) is 51.7 Å². The zero-order valence-corrected chi connectivity index (χ0v) is 12.9. The molecule has 2 N–H and O–H groups in total. The molecule has 4 heteroatoms. The number of aromatic nitrogens is 1. The fraction of sp³-hybridized carbons (Fsp3) is 0.647. The molecule has 2 saturated carbocycles. The summed E-state index contributed by atoms with van der Waals surface area (Å²) in [5, 5.41) is 0. The highest BCUT2D eigenvalue weighted by Crippen LogP contribution is 2.48. The number of fused-ring (bicyclic) bond motifs is 2. The average Bonchev–Trinajstić information content (AvgIpc) is 3.06. The Labute approximate surface area is 126 Å². The summed E-state index contributed by atoms with van der Waals surface area (Å²) < 4.78 is 0. The first-order valence-corrected chi connectivity index (χ1v) is 8.04. The quantitative estimate of drug-likeness (QED) is 0.923. The molecule has 1 aromatic heterocycles. The van der Waals surface area contributed by atoms with Crippen LogP contribution in [0.3, 0.4) is 0 Å². The third-order valence-electron chi connectivity index (χ3n) is 5.23. The number of nitrogens with zero attached hydrogens (tertiary/aromatic N) is 2. The lowest BCUT2D eigenvalue weighted by Gasteiger charge is -2.34. The highest BCUT2D eigenvalue weighted by atomic mass is 16.2. The van der Waals surface area contributed by atoms with Crippen molar-refractivity contribution in [3.8, 4) is 0 Å². The van der Waals surface area contributed by atoms with Gasteiger partial charge in [0, 0.05) is 18.3 Å². The third kappa shape index (κ3) is 2.69. The van der Waals surface area contributed by atoms with Crippen molar-refractivity contribution in [1.29, 1.82) is 0 Å². The molecule has 21 heavy (non-hydrogen) atoms. The van der Waals surface area contributed by atoms with Gasteiger partial charge in [-0.2, -0.15) is 0 Å². The Morgan fingerprint density at radius 1 is 1.38 bits per heavy atom. The SMILES string of the molecule is CC(C)N(Cc1ccccn1)C(=O)C1C2CCC(C2)C1N. The van der Waals surface area contributed by atoms with Crippen LogP contribution in [0, 0.1) is 17.8 Å². The van der Waals surface area contributed by atoms with Gasteiger partial charge in [-0.05, 0) is 57.1 Å². The lowest BCUT2D eigenvalue weighted by molar-refractivity contribution is -0.140. The number of rotatable bonds is 4. The summed E-state index contributed by atoms with van der Waals surface area (Å²) in [4.78, 5) is 19.3. The minimum atomic E-state index is 0.0230. The predicted molar refractivity (Wildman–Crippen MR) is 82.2 cm³/mol. The lowest BCUT2D eigenvalue weighted by Crippen LogP contribution is -2.49. The molecule has 0 radical (unpaired) electrons. The van der Waals surface area contributed by atoms with E-state index >= 15 is 0 Å². The van der Waals surface area contributed by atoms with Crippen LogP contribution in [0.15, 0.2) is 24.4 Å². The first-order valence-electron chi connectivity index (χ1n) is 8.04. The summed E-state index contributed by atoms with van der Waals surface area (Å²) in [6.07, 6.45) is 5.30. The van der Waals surface area contributed by atoms with Gasteiger partial charge in [-0.3, -0.25) is 9.78 Å². The molecule has 114 valence electrons. The maximum Gasteiger partial charge on any atom is 0.228 e. The van der Waals surface area contributed by atoms with Crippen LogP contribution < -0.4 is 5.73 Å². The molecule has 4 nitrogen and oxygen atoms in total. The van der Waals surface area contributed by atoms with Gasteiger partial charge >= 0.3 is 0 Å². The molecule has 0 aromatic carbocycles. The molecule has 1 amide bonds. The summed E-state index contributed by atoms with van der Waals surface area (Å²) in [7, 11) is 0. The number of pyridine rings is 1. The Morgan fingerprint density at radius 2 is 2.14 bits per heavy atom. The number of amides is 1. The molecule has 0 aliphatic heterocycles. The monoisotopic (exact) mass is 287 g/mol. The largest absolute Gasteiger partial charge is 0.334 e. The highest BCUT2D eigenvalue weighted by molar-refractivity contribution is 5.80. The van der Waals surface area contributed by atoms with Crippen molar-refractivity contribution in [1.82, 2.24) is 9.88 Å². The Bertz CT molecular complexity index is 500. The van der Waals surface area contributed by atoms with E-state index in [-0.39, 0.29) is 23.9 Å². The number of carbonyl (C=O) groups is 1. The van der Waals surface area contributed by atoms with Crippen LogP contribution >= 0.6 is 0 Å². The topological polar surface area (TPSA) is 59.2 Å². The van der Waals surface area contributed by atoms with E-state index < -0.39 is 0 Å². The molecule has 1 aromatic rings. The van der Waals surface area contributed by atoms with Crippen molar-refractivity contribution >= 4 is 5.91 Å². The summed E-state index contributed by atoms with van der Waals surface area (Å²) in [6, 6.07) is 6.07. The Morgan fingerprint density at radius 3 is 2.71 bits per heavy atom. The van der Waals surface area contributed by atoms with Gasteiger partial charge in [0.2, 0.25) is 5.91 Å². The molecular weight excluding hydrogens is 262 g/mol. The number of hydrogen-bond donors (Lipinski definition) is 1. The third-order valence-corrected chi connectivity index (χ3v) is 5.23. The molecule has 2 fully saturated rings. The second-order valence-corrected chi connectivity index (χ2v) is 6.82. The summed E-state index contributed by atoms with van der Waals surface area (Å²) in [5.74, 6) is 1.32. The Hall–Kier alpha value is -1.42. The second-order valence-electron chi connectivity index (χ2n) is 6.82. The predicted octanol–water partition coefficient (Wildman–Crippen LogP) is 2.19. The molecule has 0 spiro atoms. The van der Waals surface area contributed by atoms with Crippen molar-refractivity contribution in [2.75, 3.05) is 0 Å². The maximum absolute atomic E-state index is 13.0. The summed E-state index contributed by atoms with van der Waals surface area (Å²) in [5.41, 5.74) is 7.27. The number of carbonyl (C=O) groups excluding carboxylic acids is 1. The van der Waals surface area contributed by atoms with Gasteiger partial charge in [0.1, 0.15) is 0 Å². The van der Waals surface area contributed by atoms with Gasteiger partial charge < -0.3 is 10.6 Å². The molecule has 4 unspecified atom stereocenters. The minimum absolute atomic E-state index is 0.0230. The van der Waals surface area contributed by atoms with E-state index in [1.165, 1.54) is 12.8 Å². The van der Waals surface area contributed by atoms with Gasteiger partial charge in [-0.15, -0.1) is 0 Å². The summed E-state index contributed by atoms with van der Waals surface area (Å²) in [6.45, 7) is 4.72. The van der Waals surface area contributed by atoms with E-state index in [2.05, 4.69) is 18.8 Å². The van der Waals surface area contributed by atoms with E-state index in [9.17, 15) is 4.79 Å². The molecule has 4 atom stereocenters. The maximum atomic E-state index is 13.0. The van der Waals surface area contributed by atoms with Crippen LogP contribution in [0.2, 0.25) is 0 Å². The van der Waals surface area contributed by atoms with Gasteiger partial charge in [0.15, 0.2) is 0 Å². The lowest BCUT2D eigenvalue weighted by atomic mass is 9.83. The first kappa shape index (κ1) is 14.5. The second kappa shape index (κ2) is 5.76. The molecule has 2 bridgehead atoms. The average molecular weight is 287 g/mol. The van der Waals surface area contributed by atoms with Gasteiger partial charge in [0.25, 0.3) is 0 Å². The molecule has 3 rings (SSSR count). The Balaban J connectivity index is 1.76. The number of nitrogens with two attached hydrogens (primary N) is 1. The number of hydrogen-bond acceptors (Lipinski definition) is 3. The zero-order valence-electron chi connectivity index (χ0n) is 12.9. The van der Waals surface area contributed by atoms with Crippen LogP contribution in [0.5, 0.6) is 0 Å². The minimum Gasteiger partial charge on any atom is -0.334 e. The Kier molecular flexibility index (Phi) is 3.98. The fourth-order valence-corrected chi connectivity index (χ4v) is 4.07. The zero-order chi connectivity index (χ0) is 15.0. The van der Waals surface area contributed by atoms with E-state index in [0.717, 1.165) is 12.1 Å². The van der Waals surface area contributed by atoms with Gasteiger partial charge in [0.05, 0.1) is 18.2 Å². The van der Waals surface area contributed by atoms with Crippen LogP contribution in [-0.2, 0) is 11.3 Å². The van der Waals surface area contributed by atoms with E-state index in [1.54, 1.807) is 6.20 Å². The fourth-order valence-electron chi connectivity index (χ4n) is 4.07. The van der Waals surface area contributed by atoms with E-state index in [1.807, 2.05) is 23.1 Å². The van der Waals surface area contributed by atoms with E-state index in [4.69, 9.17) is 5.73 Å². The van der Waals surface area contributed by atoms with E-state index in [0.29, 0.717) is 18.4 Å². The molecule has 2 aliphatic rings. The van der Waals surface area contributed by atoms with Gasteiger partial charge in [-0.1, -0.05) is 6.07 Å². The highest BCUT2D eigenvalue weighted by Gasteiger charge is 2.50. The van der Waals surface area contributed by atoms with Crippen molar-refractivity contribution in [2.24, 2.45) is 23.5 Å². The molecule has 2 aliphatic carbocycles. The molecule has 1 heterocycles. The normalized spacial score (nSPS) is 30.9. The van der Waals surface area contributed by atoms with Crippen molar-refractivity contribution in [3.05, 3.63) is 30.1 Å². The van der Waals surface area contributed by atoms with Crippen LogP contribution in [0.1, 0.15) is 38.8 Å². The van der Waals surface area contributed by atoms with Crippen molar-refractivity contribution in [3.63, 3.8) is 0 Å². The smallest absolute Gasteiger partial charge is 0.228 e. The van der Waals surface area contributed by atoms with Gasteiger partial charge in [-0.25, -0.2) is 0 Å². The van der Waals surface area contributed by atoms with Crippen LogP contribution in [0.4, 0.5) is 0 Å². The standard InChI is InChI=1S/C17H25N3O/c1-11(2)20(10-14-5-3-4-8-19-14)17(21)15-12-6-7-13(9-12)16(15)18/h3-5,8,11-13,15-16H,6-7,9-10,18H2,1-2H3. The first-order chi connectivity index (χ1) is 10.1. The van der Waals surface area contributed by atoms with Crippen LogP contribution in [-0.4, -0.2) is 27.9 Å². The molecule has 0 saturated heterocycles.